The fraction of sp³-hybridized carbons (Fsp3) is 0.500. The van der Waals surface area contributed by atoms with Crippen molar-refractivity contribution >= 4 is 39.1 Å². The summed E-state index contributed by atoms with van der Waals surface area (Å²) < 4.78 is 0. The van der Waals surface area contributed by atoms with Crippen molar-refractivity contribution in [3.05, 3.63) is 77.2 Å². The van der Waals surface area contributed by atoms with E-state index in [1.807, 2.05) is 52.6 Å². The SMILES string of the molecule is CCC(CC)C(=O)/C=C(\O)C(C)(CC)CC.Cc1ccc2c(CC(C)(C)C)c3c([c-]c2c1)-c1nccc2cc(CC(C)(C)C)cc(c12)S3.[Ir]. The second-order valence-corrected chi connectivity index (χ2v) is 17.6. The van der Waals surface area contributed by atoms with E-state index < -0.39 is 0 Å². The fourth-order valence-electron chi connectivity index (χ4n) is 6.64. The van der Waals surface area contributed by atoms with Gasteiger partial charge in [-0.05, 0) is 89.6 Å². The molecule has 1 aliphatic heterocycles. The zero-order chi connectivity index (χ0) is 35.6. The number of aliphatic hydroxyl groups excluding tert-OH is 1. The van der Waals surface area contributed by atoms with E-state index in [1.165, 1.54) is 59.7 Å². The van der Waals surface area contributed by atoms with E-state index in [2.05, 4.69) is 90.9 Å². The Bertz CT molecular complexity index is 1820. The van der Waals surface area contributed by atoms with Gasteiger partial charge in [0.05, 0.1) is 0 Å². The van der Waals surface area contributed by atoms with Crippen LogP contribution in [-0.2, 0) is 37.7 Å². The Morgan fingerprint density at radius 3 is 2.12 bits per heavy atom. The van der Waals surface area contributed by atoms with Crippen molar-refractivity contribution in [2.45, 2.75) is 131 Å². The topological polar surface area (TPSA) is 50.2 Å². The van der Waals surface area contributed by atoms with Crippen LogP contribution in [0.15, 0.2) is 64.2 Å². The molecule has 2 heterocycles. The van der Waals surface area contributed by atoms with Crippen LogP contribution >= 0.6 is 11.8 Å². The summed E-state index contributed by atoms with van der Waals surface area (Å²) in [6, 6.07) is 17.5. The Morgan fingerprint density at radius 1 is 0.918 bits per heavy atom. The number of aromatic nitrogens is 1. The molecule has 1 N–H and O–H groups in total. The maximum absolute atomic E-state index is 11.9. The Labute approximate surface area is 314 Å². The van der Waals surface area contributed by atoms with Gasteiger partial charge in [-0.1, -0.05) is 116 Å². The molecule has 0 aliphatic carbocycles. The number of pyridine rings is 1. The van der Waals surface area contributed by atoms with Crippen LogP contribution in [0.2, 0.25) is 0 Å². The molecule has 4 aromatic rings. The number of rotatable bonds is 9. The van der Waals surface area contributed by atoms with Crippen molar-refractivity contribution < 1.29 is 30.0 Å². The van der Waals surface area contributed by atoms with Crippen LogP contribution in [0, 0.1) is 35.2 Å². The Kier molecular flexibility index (Phi) is 13.6. The molecule has 0 bridgehead atoms. The number of carbonyl (C=O) groups excluding carboxylic acids is 1. The Balaban J connectivity index is 0.000000328. The molecule has 1 aromatic heterocycles. The summed E-state index contributed by atoms with van der Waals surface area (Å²) in [5, 5.41) is 15.1. The maximum atomic E-state index is 11.9. The van der Waals surface area contributed by atoms with Crippen LogP contribution < -0.4 is 0 Å². The number of nitrogens with zero attached hydrogens (tertiary/aromatic N) is 1. The summed E-state index contributed by atoms with van der Waals surface area (Å²) in [5.74, 6) is 0.366. The van der Waals surface area contributed by atoms with Crippen LogP contribution in [-0.4, -0.2) is 15.9 Å². The minimum atomic E-state index is -0.248. The number of aryl methyl sites for hydroxylation is 1. The molecule has 3 aromatic carbocycles. The molecule has 267 valence electrons. The van der Waals surface area contributed by atoms with Crippen molar-refractivity contribution in [1.82, 2.24) is 4.98 Å². The molecular formula is C44H58IrNO2S-. The van der Waals surface area contributed by atoms with Crippen LogP contribution in [0.3, 0.4) is 0 Å². The van der Waals surface area contributed by atoms with Crippen molar-refractivity contribution in [1.29, 1.82) is 0 Å². The van der Waals surface area contributed by atoms with E-state index in [-0.39, 0.29) is 53.8 Å². The number of aliphatic hydroxyl groups is 1. The molecule has 3 nitrogen and oxygen atoms in total. The third-order valence-electron chi connectivity index (χ3n) is 9.88. The third-order valence-corrected chi connectivity index (χ3v) is 11.1. The average Bonchev–Trinajstić information content (AvgIpc) is 3.00. The number of ketones is 1. The smallest absolute Gasteiger partial charge is 0.162 e. The summed E-state index contributed by atoms with van der Waals surface area (Å²) in [7, 11) is 0. The summed E-state index contributed by atoms with van der Waals surface area (Å²) >= 11 is 1.93. The minimum Gasteiger partial charge on any atom is -0.512 e. The molecule has 0 amide bonds. The van der Waals surface area contributed by atoms with E-state index in [1.54, 1.807) is 0 Å². The van der Waals surface area contributed by atoms with Gasteiger partial charge in [0.2, 0.25) is 0 Å². The van der Waals surface area contributed by atoms with E-state index in [4.69, 9.17) is 4.98 Å². The molecule has 1 radical (unpaired) electrons. The summed E-state index contributed by atoms with van der Waals surface area (Å²) in [6.07, 6.45) is 8.90. The second kappa shape index (κ2) is 16.3. The van der Waals surface area contributed by atoms with E-state index in [0.717, 1.165) is 44.2 Å². The van der Waals surface area contributed by atoms with Gasteiger partial charge in [0.25, 0.3) is 0 Å². The molecule has 0 unspecified atom stereocenters. The zero-order valence-corrected chi connectivity index (χ0v) is 35.2. The second-order valence-electron chi connectivity index (χ2n) is 16.5. The van der Waals surface area contributed by atoms with Crippen LogP contribution in [0.4, 0.5) is 0 Å². The molecule has 5 rings (SSSR count). The van der Waals surface area contributed by atoms with Gasteiger partial charge in [0, 0.05) is 54.3 Å². The summed E-state index contributed by atoms with van der Waals surface area (Å²) in [6.45, 7) is 26.2. The quantitative estimate of drug-likeness (QED) is 0.0911. The van der Waals surface area contributed by atoms with Gasteiger partial charge in [-0.2, -0.15) is 0 Å². The zero-order valence-electron chi connectivity index (χ0n) is 32.0. The standard InChI is InChI=1S/C30H32NS.C14H26O2.Ir/c1-18-8-9-22-21(12-18)15-23-27-26-20(10-11-31-27)13-19(16-29(2,3)4)14-25(26)32-28(23)24(22)17-30(5,6)7;1-6-11(7-2)12(15)10-13(16)14(5,8-3)9-4;/h8-14H,16-17H2,1-7H3;10-11,16H,6-9H2,1-5H3;/q-1;;/b;13-10-;. The monoisotopic (exact) mass is 857 g/mol. The Morgan fingerprint density at radius 2 is 1.55 bits per heavy atom. The van der Waals surface area contributed by atoms with E-state index in [9.17, 15) is 9.90 Å². The van der Waals surface area contributed by atoms with E-state index in [0.29, 0.717) is 0 Å². The predicted octanol–water partition coefficient (Wildman–Crippen LogP) is 13.1. The largest absolute Gasteiger partial charge is 0.512 e. The average molecular weight is 857 g/mol. The van der Waals surface area contributed by atoms with Gasteiger partial charge in [-0.3, -0.25) is 9.78 Å². The first kappa shape index (κ1) is 41.0. The normalized spacial score (nSPS) is 13.2. The number of carbonyl (C=O) groups is 1. The van der Waals surface area contributed by atoms with Gasteiger partial charge >= 0.3 is 0 Å². The van der Waals surface area contributed by atoms with Crippen molar-refractivity contribution in [2.75, 3.05) is 0 Å². The first-order valence-electron chi connectivity index (χ1n) is 18.0. The Hall–Kier alpha value is -2.46. The number of benzene rings is 3. The van der Waals surface area contributed by atoms with Gasteiger partial charge in [0.1, 0.15) is 5.76 Å². The number of allylic oxidation sites excluding steroid dienone is 2. The molecule has 0 fully saturated rings. The third kappa shape index (κ3) is 9.66. The van der Waals surface area contributed by atoms with E-state index >= 15 is 0 Å². The van der Waals surface area contributed by atoms with Gasteiger partial charge in [-0.25, -0.2) is 0 Å². The molecule has 5 heteroatoms. The molecule has 0 spiro atoms. The molecule has 0 atom stereocenters. The molecule has 0 saturated heterocycles. The van der Waals surface area contributed by atoms with Crippen LogP contribution in [0.1, 0.15) is 119 Å². The van der Waals surface area contributed by atoms with Gasteiger partial charge in [0.15, 0.2) is 5.78 Å². The predicted molar refractivity (Wildman–Crippen MR) is 207 cm³/mol. The van der Waals surface area contributed by atoms with Crippen LogP contribution in [0.5, 0.6) is 0 Å². The van der Waals surface area contributed by atoms with Crippen molar-refractivity contribution in [3.8, 4) is 11.3 Å². The molecule has 1 aliphatic rings. The molecule has 49 heavy (non-hydrogen) atoms. The number of fused-ring (bicyclic) bond motifs is 3. The molecular weight excluding hydrogens is 799 g/mol. The minimum absolute atomic E-state index is 0. The number of hydrogen-bond donors (Lipinski definition) is 1. The van der Waals surface area contributed by atoms with Crippen LogP contribution in [0.25, 0.3) is 32.8 Å². The first-order chi connectivity index (χ1) is 22.4. The van der Waals surface area contributed by atoms with Crippen molar-refractivity contribution in [3.63, 3.8) is 0 Å². The first-order valence-corrected chi connectivity index (χ1v) is 18.8. The van der Waals surface area contributed by atoms with Crippen molar-refractivity contribution in [2.24, 2.45) is 22.2 Å². The van der Waals surface area contributed by atoms with Gasteiger partial charge < -0.3 is 5.11 Å². The summed E-state index contributed by atoms with van der Waals surface area (Å²) in [4.78, 5) is 19.4. The maximum Gasteiger partial charge on any atom is 0.162 e. The summed E-state index contributed by atoms with van der Waals surface area (Å²) in [5.41, 5.74) is 6.59. The van der Waals surface area contributed by atoms with Gasteiger partial charge in [-0.15, -0.1) is 29.3 Å². The molecule has 0 saturated carbocycles. The fourth-order valence-corrected chi connectivity index (χ4v) is 7.94. The number of hydrogen-bond acceptors (Lipinski definition) is 4.